The number of nitrogens with one attached hydrogen (secondary N) is 1. The first-order chi connectivity index (χ1) is 9.85. The minimum atomic E-state index is -1.10. The van der Waals surface area contributed by atoms with Gasteiger partial charge in [0.15, 0.2) is 0 Å². The summed E-state index contributed by atoms with van der Waals surface area (Å²) in [6.07, 6.45) is 0. The number of benzene rings is 1. The van der Waals surface area contributed by atoms with Crippen LogP contribution in [0.1, 0.15) is 31.1 Å². The standard InChI is InChI=1S/C15H21NO5/c1-9(2)8-21-13-7-11(20-4)5-6-12(13)14(17)16-10(3)15(18)19/h5-7,9-10H,8H2,1-4H3,(H,16,17)(H,18,19)/t10-/m1/s1. The summed E-state index contributed by atoms with van der Waals surface area (Å²) in [5, 5.41) is 11.2. The fourth-order valence-corrected chi connectivity index (χ4v) is 1.53. The van der Waals surface area contributed by atoms with E-state index >= 15 is 0 Å². The number of hydrogen-bond donors (Lipinski definition) is 2. The number of amides is 1. The van der Waals surface area contributed by atoms with Gasteiger partial charge in [0.1, 0.15) is 17.5 Å². The maximum Gasteiger partial charge on any atom is 0.325 e. The van der Waals surface area contributed by atoms with Crippen LogP contribution in [0.5, 0.6) is 11.5 Å². The Balaban J connectivity index is 2.98. The van der Waals surface area contributed by atoms with Crippen LogP contribution in [-0.4, -0.2) is 36.7 Å². The molecule has 6 nitrogen and oxygen atoms in total. The molecule has 1 aromatic carbocycles. The first-order valence-corrected chi connectivity index (χ1v) is 6.69. The Hall–Kier alpha value is -2.24. The summed E-state index contributed by atoms with van der Waals surface area (Å²) in [4.78, 5) is 22.9. The summed E-state index contributed by atoms with van der Waals surface area (Å²) in [5.74, 6) is -0.354. The number of rotatable bonds is 7. The lowest BCUT2D eigenvalue weighted by Gasteiger charge is -2.15. The Kier molecular flexibility index (Phi) is 6.02. The molecular formula is C15H21NO5. The summed E-state index contributed by atoms with van der Waals surface area (Å²) < 4.78 is 10.7. The molecule has 0 aromatic heterocycles. The minimum Gasteiger partial charge on any atom is -0.497 e. The molecule has 0 spiro atoms. The lowest BCUT2D eigenvalue weighted by molar-refractivity contribution is -0.138. The molecule has 0 saturated heterocycles. The molecule has 0 aliphatic rings. The van der Waals surface area contributed by atoms with Gasteiger partial charge in [-0.3, -0.25) is 9.59 Å². The van der Waals surface area contributed by atoms with Crippen LogP contribution < -0.4 is 14.8 Å². The van der Waals surface area contributed by atoms with Gasteiger partial charge in [-0.2, -0.15) is 0 Å². The van der Waals surface area contributed by atoms with Gasteiger partial charge in [-0.25, -0.2) is 0 Å². The van der Waals surface area contributed by atoms with Gasteiger partial charge in [0.2, 0.25) is 0 Å². The molecule has 0 fully saturated rings. The van der Waals surface area contributed by atoms with Crippen molar-refractivity contribution >= 4 is 11.9 Å². The molecule has 0 unspecified atom stereocenters. The summed E-state index contributed by atoms with van der Waals surface area (Å²) >= 11 is 0. The van der Waals surface area contributed by atoms with E-state index < -0.39 is 17.9 Å². The van der Waals surface area contributed by atoms with Crippen LogP contribution in [0.4, 0.5) is 0 Å². The fourth-order valence-electron chi connectivity index (χ4n) is 1.53. The van der Waals surface area contributed by atoms with Crippen LogP contribution >= 0.6 is 0 Å². The number of carbonyl (C=O) groups is 2. The molecule has 21 heavy (non-hydrogen) atoms. The van der Waals surface area contributed by atoms with E-state index in [1.54, 1.807) is 18.2 Å². The Morgan fingerprint density at radius 1 is 1.29 bits per heavy atom. The van der Waals surface area contributed by atoms with Crippen molar-refractivity contribution in [1.82, 2.24) is 5.32 Å². The Morgan fingerprint density at radius 2 is 1.95 bits per heavy atom. The van der Waals surface area contributed by atoms with E-state index in [9.17, 15) is 9.59 Å². The van der Waals surface area contributed by atoms with E-state index in [0.29, 0.717) is 24.0 Å². The van der Waals surface area contributed by atoms with Crippen LogP contribution in [0, 0.1) is 5.92 Å². The predicted octanol–water partition coefficient (Wildman–Crippen LogP) is 1.93. The van der Waals surface area contributed by atoms with Gasteiger partial charge in [0, 0.05) is 6.07 Å². The normalized spacial score (nSPS) is 11.9. The van der Waals surface area contributed by atoms with Crippen molar-refractivity contribution in [2.45, 2.75) is 26.8 Å². The number of carbonyl (C=O) groups excluding carboxylic acids is 1. The molecule has 0 radical (unpaired) electrons. The predicted molar refractivity (Wildman–Crippen MR) is 77.9 cm³/mol. The van der Waals surface area contributed by atoms with Crippen molar-refractivity contribution < 1.29 is 24.2 Å². The third-order valence-corrected chi connectivity index (χ3v) is 2.72. The van der Waals surface area contributed by atoms with E-state index in [4.69, 9.17) is 14.6 Å². The monoisotopic (exact) mass is 295 g/mol. The van der Waals surface area contributed by atoms with Gasteiger partial charge in [0.25, 0.3) is 5.91 Å². The highest BCUT2D eigenvalue weighted by Gasteiger charge is 2.19. The number of aliphatic carboxylic acids is 1. The third-order valence-electron chi connectivity index (χ3n) is 2.72. The van der Waals surface area contributed by atoms with E-state index in [-0.39, 0.29) is 5.56 Å². The molecule has 116 valence electrons. The van der Waals surface area contributed by atoms with Gasteiger partial charge < -0.3 is 19.9 Å². The van der Waals surface area contributed by atoms with E-state index in [1.807, 2.05) is 13.8 Å². The summed E-state index contributed by atoms with van der Waals surface area (Å²) in [6, 6.07) is 3.82. The van der Waals surface area contributed by atoms with Crippen LogP contribution in [0.2, 0.25) is 0 Å². The largest absolute Gasteiger partial charge is 0.497 e. The molecule has 1 aromatic rings. The van der Waals surface area contributed by atoms with E-state index in [1.165, 1.54) is 14.0 Å². The average Bonchev–Trinajstić information content (AvgIpc) is 2.44. The quantitative estimate of drug-likeness (QED) is 0.803. The number of hydrogen-bond acceptors (Lipinski definition) is 4. The average molecular weight is 295 g/mol. The molecule has 0 bridgehead atoms. The van der Waals surface area contributed by atoms with Crippen molar-refractivity contribution in [1.29, 1.82) is 0 Å². The van der Waals surface area contributed by atoms with Gasteiger partial charge in [-0.1, -0.05) is 13.8 Å². The SMILES string of the molecule is COc1ccc(C(=O)N[C@H](C)C(=O)O)c(OCC(C)C)c1. The highest BCUT2D eigenvalue weighted by Crippen LogP contribution is 2.25. The highest BCUT2D eigenvalue weighted by molar-refractivity contribution is 5.99. The lowest BCUT2D eigenvalue weighted by Crippen LogP contribution is -2.38. The Labute approximate surface area is 124 Å². The third kappa shape index (κ3) is 4.98. The van der Waals surface area contributed by atoms with Crippen LogP contribution in [0.15, 0.2) is 18.2 Å². The lowest BCUT2D eigenvalue weighted by atomic mass is 10.1. The van der Waals surface area contributed by atoms with E-state index in [2.05, 4.69) is 5.32 Å². The molecular weight excluding hydrogens is 274 g/mol. The Bertz CT molecular complexity index is 513. The highest BCUT2D eigenvalue weighted by atomic mass is 16.5. The Morgan fingerprint density at radius 3 is 2.48 bits per heavy atom. The zero-order valence-corrected chi connectivity index (χ0v) is 12.7. The van der Waals surface area contributed by atoms with Gasteiger partial charge in [0.05, 0.1) is 19.3 Å². The first kappa shape index (κ1) is 16.8. The fraction of sp³-hybridized carbons (Fsp3) is 0.467. The maximum atomic E-state index is 12.1. The van der Waals surface area contributed by atoms with Crippen LogP contribution in [0.25, 0.3) is 0 Å². The molecule has 0 aliphatic carbocycles. The van der Waals surface area contributed by atoms with Crippen LogP contribution in [0.3, 0.4) is 0 Å². The number of carboxylic acids is 1. The van der Waals surface area contributed by atoms with Crippen molar-refractivity contribution in [3.05, 3.63) is 23.8 Å². The van der Waals surface area contributed by atoms with Gasteiger partial charge in [-0.05, 0) is 25.0 Å². The van der Waals surface area contributed by atoms with Crippen molar-refractivity contribution in [2.24, 2.45) is 5.92 Å². The molecule has 1 atom stereocenters. The number of carboxylic acid groups (broad SMARTS) is 1. The summed E-state index contributed by atoms with van der Waals surface area (Å²) in [7, 11) is 1.52. The van der Waals surface area contributed by atoms with Gasteiger partial charge >= 0.3 is 5.97 Å². The van der Waals surface area contributed by atoms with Crippen molar-refractivity contribution in [2.75, 3.05) is 13.7 Å². The number of ether oxygens (including phenoxy) is 2. The van der Waals surface area contributed by atoms with Crippen molar-refractivity contribution in [3.63, 3.8) is 0 Å². The molecule has 2 N–H and O–H groups in total. The molecule has 1 rings (SSSR count). The summed E-state index contributed by atoms with van der Waals surface area (Å²) in [5.41, 5.74) is 0.282. The second kappa shape index (κ2) is 7.52. The maximum absolute atomic E-state index is 12.1. The molecule has 6 heteroatoms. The molecule has 1 amide bonds. The second-order valence-corrected chi connectivity index (χ2v) is 5.10. The smallest absolute Gasteiger partial charge is 0.325 e. The minimum absolute atomic E-state index is 0.282. The summed E-state index contributed by atoms with van der Waals surface area (Å²) in [6.45, 7) is 5.83. The zero-order valence-electron chi connectivity index (χ0n) is 12.7. The second-order valence-electron chi connectivity index (χ2n) is 5.10. The van der Waals surface area contributed by atoms with Crippen molar-refractivity contribution in [3.8, 4) is 11.5 Å². The topological polar surface area (TPSA) is 84.9 Å². The zero-order chi connectivity index (χ0) is 16.0. The van der Waals surface area contributed by atoms with E-state index in [0.717, 1.165) is 0 Å². The van der Waals surface area contributed by atoms with Gasteiger partial charge in [-0.15, -0.1) is 0 Å². The molecule has 0 heterocycles. The number of methoxy groups -OCH3 is 1. The first-order valence-electron chi connectivity index (χ1n) is 6.69. The van der Waals surface area contributed by atoms with Crippen LogP contribution in [-0.2, 0) is 4.79 Å². The molecule has 0 saturated carbocycles. The molecule has 0 aliphatic heterocycles.